The maximum atomic E-state index is 14.2. The van der Waals surface area contributed by atoms with Crippen LogP contribution in [0.1, 0.15) is 40.5 Å². The lowest BCUT2D eigenvalue weighted by Crippen LogP contribution is -2.27. The molecule has 5 rings (SSSR count). The Hall–Kier alpha value is -3.84. The normalized spacial score (nSPS) is 12.8. The van der Waals surface area contributed by atoms with Gasteiger partial charge in [0.2, 0.25) is 5.95 Å². The molecule has 4 aromatic rings. The van der Waals surface area contributed by atoms with Crippen LogP contribution in [0.15, 0.2) is 60.7 Å². The Morgan fingerprint density at radius 1 is 1.06 bits per heavy atom. The molecule has 1 aliphatic heterocycles. The molecule has 3 aromatic carbocycles. The molecular formula is C27H26FN5O. The average Bonchev–Trinajstić information content (AvgIpc) is 3.28. The van der Waals surface area contributed by atoms with Gasteiger partial charge < -0.3 is 16.0 Å². The van der Waals surface area contributed by atoms with Gasteiger partial charge in [-0.3, -0.25) is 4.79 Å². The maximum absolute atomic E-state index is 14.2. The molecule has 0 bridgehead atoms. The second-order valence-electron chi connectivity index (χ2n) is 8.57. The number of nitrogens with zero attached hydrogens (tertiary/aromatic N) is 3. The highest BCUT2D eigenvalue weighted by atomic mass is 19.1. The van der Waals surface area contributed by atoms with E-state index in [1.165, 1.54) is 12.1 Å². The number of rotatable bonds is 6. The first-order valence-electron chi connectivity index (χ1n) is 11.5. The summed E-state index contributed by atoms with van der Waals surface area (Å²) in [4.78, 5) is 24.0. The predicted molar refractivity (Wildman–Crippen MR) is 131 cm³/mol. The lowest BCUT2D eigenvalue weighted by molar-refractivity contribution is 0.0747. The number of carbonyl (C=O) groups excluding carboxylic acids is 1. The van der Waals surface area contributed by atoms with Crippen molar-refractivity contribution < 1.29 is 9.18 Å². The quantitative estimate of drug-likeness (QED) is 0.413. The maximum Gasteiger partial charge on any atom is 0.273 e. The number of anilines is 1. The number of hydrogen-bond acceptors (Lipinski definition) is 5. The van der Waals surface area contributed by atoms with E-state index in [9.17, 15) is 9.18 Å². The van der Waals surface area contributed by atoms with Gasteiger partial charge in [-0.1, -0.05) is 43.3 Å². The van der Waals surface area contributed by atoms with Crippen molar-refractivity contribution in [1.29, 1.82) is 0 Å². The van der Waals surface area contributed by atoms with Gasteiger partial charge in [-0.15, -0.1) is 0 Å². The molecule has 1 amide bonds. The summed E-state index contributed by atoms with van der Waals surface area (Å²) in [6.45, 7) is 4.65. The van der Waals surface area contributed by atoms with Crippen LogP contribution in [0.5, 0.6) is 0 Å². The van der Waals surface area contributed by atoms with E-state index in [0.29, 0.717) is 30.5 Å². The van der Waals surface area contributed by atoms with Crippen molar-refractivity contribution >= 4 is 22.8 Å². The summed E-state index contributed by atoms with van der Waals surface area (Å²) in [6.07, 6.45) is 1.01. The summed E-state index contributed by atoms with van der Waals surface area (Å²) in [5.41, 5.74) is 11.6. The molecule has 0 saturated heterocycles. The number of carbonyl (C=O) groups is 1. The van der Waals surface area contributed by atoms with Crippen LogP contribution < -0.4 is 11.1 Å². The topological polar surface area (TPSA) is 84.1 Å². The summed E-state index contributed by atoms with van der Waals surface area (Å²) >= 11 is 0. The van der Waals surface area contributed by atoms with Gasteiger partial charge in [0, 0.05) is 25.0 Å². The van der Waals surface area contributed by atoms with E-state index in [1.54, 1.807) is 11.0 Å². The fourth-order valence-electron chi connectivity index (χ4n) is 4.47. The van der Waals surface area contributed by atoms with E-state index in [1.807, 2.05) is 42.5 Å². The Kier molecular flexibility index (Phi) is 5.94. The van der Waals surface area contributed by atoms with Crippen molar-refractivity contribution in [2.24, 2.45) is 0 Å². The van der Waals surface area contributed by atoms with Crippen molar-refractivity contribution in [3.05, 3.63) is 88.9 Å². The van der Waals surface area contributed by atoms with Crippen LogP contribution in [0.25, 0.3) is 22.0 Å². The van der Waals surface area contributed by atoms with Crippen LogP contribution in [0.3, 0.4) is 0 Å². The fourth-order valence-corrected chi connectivity index (χ4v) is 4.47. The Bertz CT molecular complexity index is 1360. The van der Waals surface area contributed by atoms with Gasteiger partial charge in [-0.25, -0.2) is 14.4 Å². The number of nitrogen functional groups attached to an aromatic ring is 1. The molecule has 1 aliphatic rings. The number of amides is 1. The standard InChI is InChI=1S/C27H26FN5O/c1-2-11-30-14-18-7-9-21(28)13-22(18)17-8-10-24-23(12-17)25(32-27(29)31-24)26(34)33-15-19-5-3-4-6-20(19)16-33/h3-10,12-13,30H,2,11,14-16H2,1H3,(H2,29,31,32). The van der Waals surface area contributed by atoms with Crippen LogP contribution in [0, 0.1) is 5.82 Å². The van der Waals surface area contributed by atoms with Gasteiger partial charge in [0.15, 0.2) is 0 Å². The summed E-state index contributed by atoms with van der Waals surface area (Å²) in [6, 6.07) is 18.4. The zero-order valence-corrected chi connectivity index (χ0v) is 19.0. The molecule has 0 spiro atoms. The van der Waals surface area contributed by atoms with Crippen LogP contribution in [0.4, 0.5) is 10.3 Å². The molecule has 0 saturated carbocycles. The second-order valence-corrected chi connectivity index (χ2v) is 8.57. The summed E-state index contributed by atoms with van der Waals surface area (Å²) in [5.74, 6) is -0.457. The molecule has 34 heavy (non-hydrogen) atoms. The fraction of sp³-hybridized carbons (Fsp3) is 0.222. The highest BCUT2D eigenvalue weighted by molar-refractivity contribution is 6.06. The molecule has 0 radical (unpaired) electrons. The Morgan fingerprint density at radius 2 is 1.82 bits per heavy atom. The third-order valence-corrected chi connectivity index (χ3v) is 6.17. The molecule has 172 valence electrons. The third kappa shape index (κ3) is 4.22. The molecule has 0 unspecified atom stereocenters. The van der Waals surface area contributed by atoms with Crippen molar-refractivity contribution in [2.45, 2.75) is 33.0 Å². The highest BCUT2D eigenvalue weighted by Gasteiger charge is 2.27. The second kappa shape index (κ2) is 9.19. The largest absolute Gasteiger partial charge is 0.368 e. The Balaban J connectivity index is 1.56. The van der Waals surface area contributed by atoms with Gasteiger partial charge in [0.1, 0.15) is 11.5 Å². The molecular weight excluding hydrogens is 429 g/mol. The van der Waals surface area contributed by atoms with Gasteiger partial charge >= 0.3 is 0 Å². The van der Waals surface area contributed by atoms with Crippen LogP contribution in [-0.4, -0.2) is 27.3 Å². The molecule has 0 aliphatic carbocycles. The monoisotopic (exact) mass is 455 g/mol. The predicted octanol–water partition coefficient (Wildman–Crippen LogP) is 4.67. The minimum atomic E-state index is -0.311. The van der Waals surface area contributed by atoms with E-state index in [-0.39, 0.29) is 23.4 Å². The van der Waals surface area contributed by atoms with E-state index in [4.69, 9.17) is 5.73 Å². The third-order valence-electron chi connectivity index (χ3n) is 6.17. The smallest absolute Gasteiger partial charge is 0.273 e. The van der Waals surface area contributed by atoms with Crippen molar-refractivity contribution in [2.75, 3.05) is 12.3 Å². The molecule has 2 heterocycles. The first-order chi connectivity index (χ1) is 16.5. The minimum absolute atomic E-state index is 0.0514. The zero-order valence-electron chi connectivity index (χ0n) is 19.0. The summed E-state index contributed by atoms with van der Waals surface area (Å²) in [5, 5.41) is 3.98. The van der Waals surface area contributed by atoms with E-state index < -0.39 is 0 Å². The minimum Gasteiger partial charge on any atom is -0.368 e. The number of halogens is 1. The average molecular weight is 456 g/mol. The van der Waals surface area contributed by atoms with Gasteiger partial charge in [-0.2, -0.15) is 0 Å². The van der Waals surface area contributed by atoms with E-state index in [0.717, 1.165) is 40.8 Å². The molecule has 6 nitrogen and oxygen atoms in total. The van der Waals surface area contributed by atoms with Gasteiger partial charge in [0.05, 0.1) is 5.52 Å². The lowest BCUT2D eigenvalue weighted by Gasteiger charge is -2.17. The number of aromatic nitrogens is 2. The van der Waals surface area contributed by atoms with Crippen molar-refractivity contribution in [3.63, 3.8) is 0 Å². The number of nitrogens with one attached hydrogen (secondary N) is 1. The summed E-state index contributed by atoms with van der Waals surface area (Å²) < 4.78 is 14.2. The molecule has 0 atom stereocenters. The lowest BCUT2D eigenvalue weighted by atomic mass is 9.97. The molecule has 7 heteroatoms. The Morgan fingerprint density at radius 3 is 2.56 bits per heavy atom. The molecule has 1 aromatic heterocycles. The van der Waals surface area contributed by atoms with Crippen LogP contribution in [-0.2, 0) is 19.6 Å². The number of hydrogen-bond donors (Lipinski definition) is 2. The number of nitrogens with two attached hydrogens (primary N) is 1. The zero-order chi connectivity index (χ0) is 23.7. The van der Waals surface area contributed by atoms with Gasteiger partial charge in [0.25, 0.3) is 5.91 Å². The molecule has 0 fully saturated rings. The summed E-state index contributed by atoms with van der Waals surface area (Å²) in [7, 11) is 0. The van der Waals surface area contributed by atoms with E-state index >= 15 is 0 Å². The van der Waals surface area contributed by atoms with Crippen LogP contribution in [0.2, 0.25) is 0 Å². The number of benzene rings is 3. The number of fused-ring (bicyclic) bond motifs is 2. The SMILES string of the molecule is CCCNCc1ccc(F)cc1-c1ccc2nc(N)nc(C(=O)N3Cc4ccccc4C3)c2c1. The van der Waals surface area contributed by atoms with Crippen molar-refractivity contribution in [1.82, 2.24) is 20.2 Å². The van der Waals surface area contributed by atoms with E-state index in [2.05, 4.69) is 22.2 Å². The first-order valence-corrected chi connectivity index (χ1v) is 11.5. The highest BCUT2D eigenvalue weighted by Crippen LogP contribution is 2.31. The molecule has 3 N–H and O–H groups in total. The Labute approximate surface area is 197 Å². The first kappa shape index (κ1) is 22.0. The van der Waals surface area contributed by atoms with Crippen LogP contribution >= 0.6 is 0 Å². The van der Waals surface area contributed by atoms with Gasteiger partial charge in [-0.05, 0) is 65.0 Å². The van der Waals surface area contributed by atoms with Crippen molar-refractivity contribution in [3.8, 4) is 11.1 Å².